The Morgan fingerprint density at radius 3 is 1.86 bits per heavy atom. The Labute approximate surface area is 176 Å². The minimum absolute atomic E-state index is 1.10. The molecule has 10 heteroatoms. The van der Waals surface area contributed by atoms with Crippen LogP contribution in [-0.4, -0.2) is 13.0 Å². The largest absolute Gasteiger partial charge is 0.300 e. The average Bonchev–Trinajstić information content (AvgIpc) is 3.05. The molecule has 1 N–H and O–H groups in total. The van der Waals surface area contributed by atoms with Gasteiger partial charge in [0.15, 0.2) is 28.2 Å². The fourth-order valence-corrected chi connectivity index (χ4v) is 4.25. The van der Waals surface area contributed by atoms with Crippen molar-refractivity contribution >= 4 is 32.7 Å². The lowest BCUT2D eigenvalue weighted by Gasteiger charge is -2.04. The molecular weight excluding hydrogens is 530 g/mol. The monoisotopic (exact) mass is 540 g/mol. The first kappa shape index (κ1) is 21.7. The molecule has 152 valence electrons. The van der Waals surface area contributed by atoms with E-state index < -0.39 is 44.1 Å². The summed E-state index contributed by atoms with van der Waals surface area (Å²) in [7, 11) is -5.52. The quantitative estimate of drug-likeness (QED) is 0.114. The van der Waals surface area contributed by atoms with E-state index in [0.29, 0.717) is 0 Å². The van der Waals surface area contributed by atoms with Crippen molar-refractivity contribution in [1.29, 1.82) is 0 Å². The summed E-state index contributed by atoms with van der Waals surface area (Å²) in [5, 5.41) is 0. The second-order valence-corrected chi connectivity index (χ2v) is 8.49. The first-order chi connectivity index (χ1) is 13.5. The fourth-order valence-electron chi connectivity index (χ4n) is 2.93. The van der Waals surface area contributed by atoms with Crippen molar-refractivity contribution in [1.82, 2.24) is 0 Å². The first-order valence-electron chi connectivity index (χ1n) is 7.88. The van der Waals surface area contributed by atoms with E-state index in [2.05, 4.69) is 65.1 Å². The molecule has 0 saturated carbocycles. The third kappa shape index (κ3) is 4.01. The molecule has 0 unspecified atom stereocenters. The Morgan fingerprint density at radius 1 is 0.759 bits per heavy atom. The average molecular weight is 540 g/mol. The highest BCUT2D eigenvalue weighted by Crippen LogP contribution is 2.38. The number of halogens is 6. The molecule has 1 aliphatic carbocycles. The maximum Gasteiger partial charge on any atom is 0.300 e. The summed E-state index contributed by atoms with van der Waals surface area (Å²) in [5.74, 6) is -12.6. The molecule has 29 heavy (non-hydrogen) atoms. The van der Waals surface area contributed by atoms with Gasteiger partial charge in [0.2, 0.25) is 5.82 Å². The van der Waals surface area contributed by atoms with Gasteiger partial charge in [-0.1, -0.05) is 36.4 Å². The maximum atomic E-state index is 12.6. The van der Waals surface area contributed by atoms with Crippen molar-refractivity contribution in [3.8, 4) is 11.1 Å². The molecule has 0 radical (unpaired) electrons. The summed E-state index contributed by atoms with van der Waals surface area (Å²) < 4.78 is 92.7. The molecule has 0 atom stereocenters. The van der Waals surface area contributed by atoms with Gasteiger partial charge in [-0.05, 0) is 57.3 Å². The van der Waals surface area contributed by atoms with Crippen molar-refractivity contribution in [2.75, 3.05) is 0 Å². The molecule has 0 aromatic heterocycles. The van der Waals surface area contributed by atoms with E-state index in [1.165, 1.54) is 25.8 Å². The van der Waals surface area contributed by atoms with Gasteiger partial charge >= 0.3 is 10.1 Å². The summed E-state index contributed by atoms with van der Waals surface area (Å²) in [6.45, 7) is 0. The van der Waals surface area contributed by atoms with Crippen LogP contribution in [0.4, 0.5) is 22.0 Å². The topological polar surface area (TPSA) is 54.4 Å². The second-order valence-electron chi connectivity index (χ2n) is 5.97. The minimum Gasteiger partial charge on any atom is -0.282 e. The summed E-state index contributed by atoms with van der Waals surface area (Å²) in [5.41, 5.74) is 5.80. The number of hydrogen-bond donors (Lipinski definition) is 1. The van der Waals surface area contributed by atoms with E-state index in [9.17, 15) is 30.4 Å². The predicted molar refractivity (Wildman–Crippen MR) is 103 cm³/mol. The molecule has 4 rings (SSSR count). The van der Waals surface area contributed by atoms with Crippen LogP contribution >= 0.6 is 22.6 Å². The molecule has 3 aromatic carbocycles. The molecule has 0 fully saturated rings. The zero-order valence-corrected chi connectivity index (χ0v) is 17.2. The molecule has 3 aromatic rings. The molecule has 1 aliphatic rings. The highest BCUT2D eigenvalue weighted by molar-refractivity contribution is 14.1. The van der Waals surface area contributed by atoms with E-state index in [-0.39, 0.29) is 0 Å². The SMILES string of the molecule is Ic1cccc2c1Cc1ccccc1-2.O=S(=O)(O)c1c(F)c(F)c(F)c(F)c1F. The summed E-state index contributed by atoms with van der Waals surface area (Å²) in [6, 6.07) is 15.2. The first-order valence-corrected chi connectivity index (χ1v) is 10.4. The Kier molecular flexibility index (Phi) is 5.97. The van der Waals surface area contributed by atoms with Gasteiger partial charge in [0, 0.05) is 3.57 Å². The van der Waals surface area contributed by atoms with Crippen LogP contribution in [0.3, 0.4) is 0 Å². The number of benzene rings is 3. The van der Waals surface area contributed by atoms with Crippen LogP contribution in [0.15, 0.2) is 47.4 Å². The zero-order valence-electron chi connectivity index (χ0n) is 14.2. The lowest BCUT2D eigenvalue weighted by Crippen LogP contribution is -2.11. The Balaban J connectivity index is 0.000000166. The zero-order chi connectivity index (χ0) is 21.5. The van der Waals surface area contributed by atoms with Gasteiger partial charge in [-0.25, -0.2) is 22.0 Å². The van der Waals surface area contributed by atoms with Crippen molar-refractivity contribution in [2.24, 2.45) is 0 Å². The van der Waals surface area contributed by atoms with Crippen molar-refractivity contribution in [3.05, 3.63) is 86.2 Å². The minimum atomic E-state index is -5.52. The van der Waals surface area contributed by atoms with Crippen molar-refractivity contribution < 1.29 is 34.9 Å². The molecule has 0 heterocycles. The van der Waals surface area contributed by atoms with E-state index in [4.69, 9.17) is 4.55 Å². The molecule has 0 aliphatic heterocycles. The van der Waals surface area contributed by atoms with Gasteiger partial charge in [0.05, 0.1) is 0 Å². The Hall–Kier alpha value is -2.05. The third-order valence-electron chi connectivity index (χ3n) is 4.22. The highest BCUT2D eigenvalue weighted by atomic mass is 127. The van der Waals surface area contributed by atoms with Crippen molar-refractivity contribution in [2.45, 2.75) is 11.3 Å². The lowest BCUT2D eigenvalue weighted by atomic mass is 10.1. The molecule has 0 saturated heterocycles. The number of fused-ring (bicyclic) bond motifs is 3. The van der Waals surface area contributed by atoms with Gasteiger partial charge < -0.3 is 0 Å². The molecule has 0 amide bonds. The standard InChI is InChI=1S/C13H9I.C6HF5O3S/c14-13-7-3-6-11-10-5-2-1-4-9(10)8-12(11)13;7-1-2(8)4(10)6(15(12,13)14)5(11)3(1)9/h1-7H,8H2;(H,12,13,14). The summed E-state index contributed by atoms with van der Waals surface area (Å²) in [6.07, 6.45) is 1.10. The van der Waals surface area contributed by atoms with Gasteiger partial charge in [0.25, 0.3) is 0 Å². The van der Waals surface area contributed by atoms with Gasteiger partial charge in [0.1, 0.15) is 0 Å². The van der Waals surface area contributed by atoms with Crippen LogP contribution in [0.2, 0.25) is 0 Å². The highest BCUT2D eigenvalue weighted by Gasteiger charge is 2.32. The van der Waals surface area contributed by atoms with E-state index >= 15 is 0 Å². The Morgan fingerprint density at radius 2 is 1.28 bits per heavy atom. The Bertz CT molecular complexity index is 1200. The molecule has 0 bridgehead atoms. The number of hydrogen-bond acceptors (Lipinski definition) is 2. The lowest BCUT2D eigenvalue weighted by molar-refractivity contribution is 0.352. The van der Waals surface area contributed by atoms with Crippen LogP contribution in [0.5, 0.6) is 0 Å². The fraction of sp³-hybridized carbons (Fsp3) is 0.0526. The van der Waals surface area contributed by atoms with Gasteiger partial charge in [-0.3, -0.25) is 4.55 Å². The van der Waals surface area contributed by atoms with Crippen LogP contribution in [-0.2, 0) is 16.5 Å². The molecular formula is C19H10F5IO3S. The molecule has 3 nitrogen and oxygen atoms in total. The van der Waals surface area contributed by atoms with Crippen LogP contribution in [0.1, 0.15) is 11.1 Å². The van der Waals surface area contributed by atoms with Crippen molar-refractivity contribution in [3.63, 3.8) is 0 Å². The van der Waals surface area contributed by atoms with Crippen LogP contribution in [0.25, 0.3) is 11.1 Å². The van der Waals surface area contributed by atoms with Crippen LogP contribution in [0, 0.1) is 32.7 Å². The van der Waals surface area contributed by atoms with E-state index in [1.54, 1.807) is 0 Å². The van der Waals surface area contributed by atoms with Gasteiger partial charge in [-0.2, -0.15) is 8.42 Å². The maximum absolute atomic E-state index is 12.6. The van der Waals surface area contributed by atoms with E-state index in [1.807, 2.05) is 0 Å². The van der Waals surface area contributed by atoms with E-state index in [0.717, 1.165) is 6.42 Å². The smallest absolute Gasteiger partial charge is 0.282 e. The van der Waals surface area contributed by atoms with Crippen LogP contribution < -0.4 is 0 Å². The van der Waals surface area contributed by atoms with Gasteiger partial charge in [-0.15, -0.1) is 0 Å². The molecule has 0 spiro atoms. The summed E-state index contributed by atoms with van der Waals surface area (Å²) >= 11 is 2.42. The normalized spacial score (nSPS) is 12.1. The second kappa shape index (κ2) is 8.00. The third-order valence-corrected chi connectivity index (χ3v) is 6.11. The summed E-state index contributed by atoms with van der Waals surface area (Å²) in [4.78, 5) is -2.26. The predicted octanol–water partition coefficient (Wildman–Crippen LogP) is 5.49. The number of rotatable bonds is 1.